The maximum Gasteiger partial charge on any atom is 0.224 e. The highest BCUT2D eigenvalue weighted by atomic mass is 79.9. The van der Waals surface area contributed by atoms with Crippen molar-refractivity contribution < 1.29 is 13.6 Å². The SMILES string of the molecule is O=C(CCC1CCNCC1)Nc1cc(Br)c(F)cc1F. The number of nitrogens with one attached hydrogen (secondary N) is 2. The van der Waals surface area contributed by atoms with Gasteiger partial charge in [-0.1, -0.05) is 0 Å². The van der Waals surface area contributed by atoms with Crippen LogP contribution in [0.25, 0.3) is 0 Å². The fourth-order valence-electron chi connectivity index (χ4n) is 2.34. The van der Waals surface area contributed by atoms with E-state index >= 15 is 0 Å². The predicted octanol–water partition coefficient (Wildman–Crippen LogP) is 3.45. The third-order valence-electron chi connectivity index (χ3n) is 3.52. The third-order valence-corrected chi connectivity index (χ3v) is 4.13. The zero-order valence-electron chi connectivity index (χ0n) is 11.0. The van der Waals surface area contributed by atoms with Crippen LogP contribution >= 0.6 is 15.9 Å². The quantitative estimate of drug-likeness (QED) is 0.820. The van der Waals surface area contributed by atoms with Gasteiger partial charge in [0.15, 0.2) is 0 Å². The molecule has 3 nitrogen and oxygen atoms in total. The van der Waals surface area contributed by atoms with Crippen LogP contribution in [0.2, 0.25) is 0 Å². The van der Waals surface area contributed by atoms with E-state index in [9.17, 15) is 13.6 Å². The minimum atomic E-state index is -0.763. The van der Waals surface area contributed by atoms with Crippen LogP contribution in [0.4, 0.5) is 14.5 Å². The molecule has 0 bridgehead atoms. The first-order valence-corrected chi connectivity index (χ1v) is 7.50. The van der Waals surface area contributed by atoms with Crippen molar-refractivity contribution in [1.29, 1.82) is 0 Å². The fourth-order valence-corrected chi connectivity index (χ4v) is 2.68. The van der Waals surface area contributed by atoms with E-state index in [0.29, 0.717) is 12.3 Å². The van der Waals surface area contributed by atoms with Gasteiger partial charge in [-0.25, -0.2) is 8.78 Å². The molecule has 6 heteroatoms. The van der Waals surface area contributed by atoms with Crippen LogP contribution in [-0.2, 0) is 4.79 Å². The average molecular weight is 347 g/mol. The van der Waals surface area contributed by atoms with Crippen molar-refractivity contribution in [3.8, 4) is 0 Å². The Kier molecular flexibility index (Phi) is 5.48. The molecule has 1 saturated heterocycles. The molecule has 1 heterocycles. The van der Waals surface area contributed by atoms with Crippen molar-refractivity contribution in [2.75, 3.05) is 18.4 Å². The van der Waals surface area contributed by atoms with Gasteiger partial charge in [-0.3, -0.25) is 4.79 Å². The lowest BCUT2D eigenvalue weighted by Crippen LogP contribution is -2.28. The summed E-state index contributed by atoms with van der Waals surface area (Å²) in [4.78, 5) is 11.8. The van der Waals surface area contributed by atoms with Gasteiger partial charge in [0.2, 0.25) is 5.91 Å². The van der Waals surface area contributed by atoms with Crippen LogP contribution in [0.5, 0.6) is 0 Å². The molecular formula is C14H17BrF2N2O. The van der Waals surface area contributed by atoms with Crippen molar-refractivity contribution in [2.45, 2.75) is 25.7 Å². The molecule has 0 unspecified atom stereocenters. The Bertz CT molecular complexity index is 490. The van der Waals surface area contributed by atoms with E-state index in [1.54, 1.807) is 0 Å². The lowest BCUT2D eigenvalue weighted by atomic mass is 9.93. The van der Waals surface area contributed by atoms with Gasteiger partial charge in [-0.15, -0.1) is 0 Å². The maximum absolute atomic E-state index is 13.5. The van der Waals surface area contributed by atoms with E-state index in [-0.39, 0.29) is 16.1 Å². The minimum Gasteiger partial charge on any atom is -0.324 e. The Morgan fingerprint density at radius 2 is 2.00 bits per heavy atom. The number of benzene rings is 1. The molecule has 110 valence electrons. The van der Waals surface area contributed by atoms with E-state index in [1.165, 1.54) is 6.07 Å². The van der Waals surface area contributed by atoms with E-state index < -0.39 is 11.6 Å². The molecule has 2 rings (SSSR count). The van der Waals surface area contributed by atoms with Gasteiger partial charge in [0.1, 0.15) is 11.6 Å². The zero-order valence-corrected chi connectivity index (χ0v) is 12.6. The molecule has 2 N–H and O–H groups in total. The lowest BCUT2D eigenvalue weighted by molar-refractivity contribution is -0.116. The standard InChI is InChI=1S/C14H17BrF2N2O/c15-10-7-13(12(17)8-11(10)16)19-14(20)2-1-9-3-5-18-6-4-9/h7-9,18H,1-6H2,(H,19,20). The molecule has 0 aromatic heterocycles. The number of hydrogen-bond donors (Lipinski definition) is 2. The first-order chi connectivity index (χ1) is 9.56. The van der Waals surface area contributed by atoms with Crippen molar-refractivity contribution in [2.24, 2.45) is 5.92 Å². The molecule has 20 heavy (non-hydrogen) atoms. The first-order valence-electron chi connectivity index (χ1n) is 6.71. The highest BCUT2D eigenvalue weighted by Gasteiger charge is 2.16. The number of amides is 1. The number of halogens is 3. The molecule has 1 aliphatic heterocycles. The van der Waals surface area contributed by atoms with Gasteiger partial charge in [0.25, 0.3) is 0 Å². The molecule has 0 atom stereocenters. The second kappa shape index (κ2) is 7.13. The van der Waals surface area contributed by atoms with Crippen LogP contribution in [0, 0.1) is 17.6 Å². The Morgan fingerprint density at radius 1 is 1.30 bits per heavy atom. The van der Waals surface area contributed by atoms with Crippen molar-refractivity contribution in [3.05, 3.63) is 28.2 Å². The topological polar surface area (TPSA) is 41.1 Å². The molecule has 0 aliphatic carbocycles. The lowest BCUT2D eigenvalue weighted by Gasteiger charge is -2.22. The van der Waals surface area contributed by atoms with E-state index in [1.807, 2.05) is 0 Å². The van der Waals surface area contributed by atoms with Gasteiger partial charge in [0, 0.05) is 12.5 Å². The van der Waals surface area contributed by atoms with E-state index in [2.05, 4.69) is 26.6 Å². The Labute approximate surface area is 125 Å². The smallest absolute Gasteiger partial charge is 0.224 e. The second-order valence-corrected chi connectivity index (χ2v) is 5.88. The maximum atomic E-state index is 13.5. The van der Waals surface area contributed by atoms with Crippen LogP contribution < -0.4 is 10.6 Å². The largest absolute Gasteiger partial charge is 0.324 e. The summed E-state index contributed by atoms with van der Waals surface area (Å²) in [5.74, 6) is -1.14. The molecule has 1 aromatic rings. The molecular weight excluding hydrogens is 330 g/mol. The number of carbonyl (C=O) groups excluding carboxylic acids is 1. The first kappa shape index (κ1) is 15.4. The zero-order chi connectivity index (χ0) is 14.5. The summed E-state index contributed by atoms with van der Waals surface area (Å²) in [5.41, 5.74) is 0.00795. The summed E-state index contributed by atoms with van der Waals surface area (Å²) < 4.78 is 26.7. The van der Waals surface area contributed by atoms with Crippen LogP contribution in [0.15, 0.2) is 16.6 Å². The molecule has 0 spiro atoms. The van der Waals surface area contributed by atoms with Gasteiger partial charge < -0.3 is 10.6 Å². The molecule has 1 aromatic carbocycles. The summed E-state index contributed by atoms with van der Waals surface area (Å²) in [6.45, 7) is 1.98. The second-order valence-electron chi connectivity index (χ2n) is 5.03. The van der Waals surface area contributed by atoms with Gasteiger partial charge in [-0.05, 0) is 60.3 Å². The monoisotopic (exact) mass is 346 g/mol. The summed E-state index contributed by atoms with van der Waals surface area (Å²) in [5, 5.41) is 5.76. The molecule has 1 amide bonds. The molecule has 0 saturated carbocycles. The van der Waals surface area contributed by atoms with E-state index in [4.69, 9.17) is 0 Å². The van der Waals surface area contributed by atoms with Crippen molar-refractivity contribution in [3.63, 3.8) is 0 Å². The minimum absolute atomic E-state index is 0.00795. The Balaban J connectivity index is 1.86. The van der Waals surface area contributed by atoms with Gasteiger partial charge in [-0.2, -0.15) is 0 Å². The van der Waals surface area contributed by atoms with Crippen molar-refractivity contribution >= 4 is 27.5 Å². The number of piperidine rings is 1. The summed E-state index contributed by atoms with van der Waals surface area (Å²) in [6.07, 6.45) is 3.31. The summed E-state index contributed by atoms with van der Waals surface area (Å²) in [7, 11) is 0. The third kappa shape index (κ3) is 4.24. The molecule has 1 fully saturated rings. The van der Waals surface area contributed by atoms with Crippen LogP contribution in [0.1, 0.15) is 25.7 Å². The van der Waals surface area contributed by atoms with E-state index in [0.717, 1.165) is 38.4 Å². The Hall–Kier alpha value is -1.01. The highest BCUT2D eigenvalue weighted by molar-refractivity contribution is 9.10. The number of rotatable bonds is 4. The molecule has 1 aliphatic rings. The number of hydrogen-bond acceptors (Lipinski definition) is 2. The Morgan fingerprint density at radius 3 is 2.70 bits per heavy atom. The molecule has 0 radical (unpaired) electrons. The highest BCUT2D eigenvalue weighted by Crippen LogP contribution is 2.24. The van der Waals surface area contributed by atoms with Crippen LogP contribution in [0.3, 0.4) is 0 Å². The summed E-state index contributed by atoms with van der Waals surface area (Å²) >= 11 is 2.97. The predicted molar refractivity (Wildman–Crippen MR) is 77.5 cm³/mol. The van der Waals surface area contributed by atoms with Crippen molar-refractivity contribution in [1.82, 2.24) is 5.32 Å². The average Bonchev–Trinajstić information content (AvgIpc) is 2.44. The van der Waals surface area contributed by atoms with Gasteiger partial charge >= 0.3 is 0 Å². The normalized spacial score (nSPS) is 16.1. The number of anilines is 1. The van der Waals surface area contributed by atoms with Crippen LogP contribution in [-0.4, -0.2) is 19.0 Å². The summed E-state index contributed by atoms with van der Waals surface area (Å²) in [6, 6.07) is 2.00. The van der Waals surface area contributed by atoms with Gasteiger partial charge in [0.05, 0.1) is 10.2 Å². The number of carbonyl (C=O) groups is 1. The fraction of sp³-hybridized carbons (Fsp3) is 0.500.